The topological polar surface area (TPSA) is 129 Å². The van der Waals surface area contributed by atoms with Gasteiger partial charge in [0, 0.05) is 6.07 Å². The van der Waals surface area contributed by atoms with Gasteiger partial charge in [-0.25, -0.2) is 4.79 Å². The molecule has 1 aromatic rings. The van der Waals surface area contributed by atoms with Crippen LogP contribution in [0.15, 0.2) is 15.7 Å². The Bertz CT molecular complexity index is 666. The summed E-state index contributed by atoms with van der Waals surface area (Å²) in [6, 6.07) is 1.09. The van der Waals surface area contributed by atoms with Crippen LogP contribution in [0, 0.1) is 0 Å². The third-order valence-electron chi connectivity index (χ3n) is 3.57. The molecule has 3 rings (SSSR count). The Labute approximate surface area is 119 Å². The summed E-state index contributed by atoms with van der Waals surface area (Å²) in [6.45, 7) is 3.18. The van der Waals surface area contributed by atoms with Gasteiger partial charge in [0.25, 0.3) is 5.56 Å². The molecule has 0 spiro atoms. The minimum atomic E-state index is -0.877. The molecular formula is C12H17N3O6. The Morgan fingerprint density at radius 1 is 1.38 bits per heavy atom. The Morgan fingerprint density at radius 2 is 2.05 bits per heavy atom. The van der Waals surface area contributed by atoms with Crippen LogP contribution in [0.4, 0.5) is 5.82 Å². The number of hydrogen-bond acceptors (Lipinski definition) is 7. The molecule has 2 unspecified atom stereocenters. The van der Waals surface area contributed by atoms with Gasteiger partial charge in [0.15, 0.2) is 12.0 Å². The normalized spacial score (nSPS) is 34.0. The summed E-state index contributed by atoms with van der Waals surface area (Å²) in [5.74, 6) is -0.898. The number of nitrogens with one attached hydrogen (secondary N) is 1. The zero-order valence-electron chi connectivity index (χ0n) is 11.6. The molecule has 9 heteroatoms. The third kappa shape index (κ3) is 2.27. The van der Waals surface area contributed by atoms with Crippen LogP contribution >= 0.6 is 0 Å². The van der Waals surface area contributed by atoms with Crippen LogP contribution in [0.1, 0.15) is 20.1 Å². The predicted molar refractivity (Wildman–Crippen MR) is 70.6 cm³/mol. The van der Waals surface area contributed by atoms with Gasteiger partial charge >= 0.3 is 5.69 Å². The molecule has 0 saturated carbocycles. The average Bonchev–Trinajstić information content (AvgIpc) is 2.82. The van der Waals surface area contributed by atoms with Crippen molar-refractivity contribution in [3.05, 3.63) is 26.9 Å². The smallest absolute Gasteiger partial charge is 0.332 e. The molecule has 0 aliphatic carbocycles. The molecule has 9 nitrogen and oxygen atoms in total. The number of aliphatic hydroxyl groups excluding tert-OH is 1. The largest absolute Gasteiger partial charge is 0.394 e. The maximum absolute atomic E-state index is 12.0. The lowest BCUT2D eigenvalue weighted by atomic mass is 10.1. The van der Waals surface area contributed by atoms with Crippen molar-refractivity contribution in [2.75, 3.05) is 12.3 Å². The number of hydrogen-bond donors (Lipinski definition) is 3. The lowest BCUT2D eigenvalue weighted by Crippen LogP contribution is -2.39. The van der Waals surface area contributed by atoms with Crippen LogP contribution in [0.25, 0.3) is 0 Å². The molecule has 2 aliphatic rings. The van der Waals surface area contributed by atoms with E-state index in [0.717, 1.165) is 10.6 Å². The number of ether oxygens (including phenoxy) is 3. The van der Waals surface area contributed by atoms with Crippen LogP contribution < -0.4 is 17.0 Å². The van der Waals surface area contributed by atoms with Crippen molar-refractivity contribution in [3.8, 4) is 0 Å². The molecule has 0 aromatic carbocycles. The molecule has 0 bridgehead atoms. The summed E-state index contributed by atoms with van der Waals surface area (Å²) < 4.78 is 18.2. The van der Waals surface area contributed by atoms with E-state index in [9.17, 15) is 14.7 Å². The van der Waals surface area contributed by atoms with E-state index in [1.54, 1.807) is 13.8 Å². The van der Waals surface area contributed by atoms with Gasteiger partial charge in [-0.15, -0.1) is 0 Å². The summed E-state index contributed by atoms with van der Waals surface area (Å²) in [7, 11) is 0. The van der Waals surface area contributed by atoms with Crippen molar-refractivity contribution in [1.82, 2.24) is 9.55 Å². The predicted octanol–water partition coefficient (Wildman–Crippen LogP) is -1.47. The summed E-state index contributed by atoms with van der Waals surface area (Å²) in [5, 5.41) is 9.39. The molecule has 2 fully saturated rings. The SMILES string of the molecule is CC1(C)OC2C(O1)[C@@H](CO)O[C@H]2n1c(N)cc(=O)[nH]c1=O. The lowest BCUT2D eigenvalue weighted by Gasteiger charge is -2.24. The number of rotatable bonds is 2. The number of nitrogens with zero attached hydrogens (tertiary/aromatic N) is 1. The quantitative estimate of drug-likeness (QED) is 0.608. The number of H-pyrrole nitrogens is 1. The van der Waals surface area contributed by atoms with Gasteiger partial charge in [0.05, 0.1) is 6.61 Å². The number of aliphatic hydroxyl groups is 1. The third-order valence-corrected chi connectivity index (χ3v) is 3.57. The lowest BCUT2D eigenvalue weighted by molar-refractivity contribution is -0.200. The van der Waals surface area contributed by atoms with Crippen molar-refractivity contribution in [2.24, 2.45) is 0 Å². The van der Waals surface area contributed by atoms with E-state index in [-0.39, 0.29) is 12.4 Å². The highest BCUT2D eigenvalue weighted by Gasteiger charge is 2.56. The van der Waals surface area contributed by atoms with Crippen molar-refractivity contribution in [2.45, 2.75) is 44.2 Å². The second-order valence-electron chi connectivity index (χ2n) is 5.55. The summed E-state index contributed by atoms with van der Waals surface area (Å²) in [4.78, 5) is 25.3. The summed E-state index contributed by atoms with van der Waals surface area (Å²) >= 11 is 0. The van der Waals surface area contributed by atoms with Crippen LogP contribution in [0.2, 0.25) is 0 Å². The average molecular weight is 299 g/mol. The van der Waals surface area contributed by atoms with Crippen LogP contribution in [-0.4, -0.2) is 45.4 Å². The molecule has 0 radical (unpaired) electrons. The molecular weight excluding hydrogens is 282 g/mol. The fourth-order valence-corrected chi connectivity index (χ4v) is 2.80. The minimum absolute atomic E-state index is 0.0422. The number of nitrogens with two attached hydrogens (primary N) is 1. The number of anilines is 1. The zero-order valence-corrected chi connectivity index (χ0v) is 11.6. The number of aromatic amines is 1. The second kappa shape index (κ2) is 4.67. The first-order chi connectivity index (χ1) is 9.82. The molecule has 2 saturated heterocycles. The van der Waals surface area contributed by atoms with E-state index >= 15 is 0 Å². The fourth-order valence-electron chi connectivity index (χ4n) is 2.80. The van der Waals surface area contributed by atoms with Gasteiger partial charge in [-0.1, -0.05) is 0 Å². The minimum Gasteiger partial charge on any atom is -0.394 e. The first-order valence-electron chi connectivity index (χ1n) is 6.56. The molecule has 1 aromatic heterocycles. The van der Waals surface area contributed by atoms with E-state index in [0.29, 0.717) is 0 Å². The Balaban J connectivity index is 2.04. The van der Waals surface area contributed by atoms with E-state index < -0.39 is 41.6 Å². The van der Waals surface area contributed by atoms with Gasteiger partial charge in [-0.05, 0) is 13.8 Å². The van der Waals surface area contributed by atoms with Gasteiger partial charge in [-0.3, -0.25) is 14.3 Å². The molecule has 4 N–H and O–H groups in total. The Hall–Kier alpha value is -1.68. The number of nitrogen functional groups attached to an aromatic ring is 1. The van der Waals surface area contributed by atoms with E-state index in [1.165, 1.54) is 0 Å². The van der Waals surface area contributed by atoms with Crippen molar-refractivity contribution < 1.29 is 19.3 Å². The molecule has 0 amide bonds. The Kier molecular flexibility index (Phi) is 3.17. The zero-order chi connectivity index (χ0) is 15.4. The van der Waals surface area contributed by atoms with E-state index in [4.69, 9.17) is 19.9 Å². The first kappa shape index (κ1) is 14.3. The van der Waals surface area contributed by atoms with Gasteiger partial charge in [0.1, 0.15) is 24.1 Å². The van der Waals surface area contributed by atoms with E-state index in [1.807, 2.05) is 0 Å². The van der Waals surface area contributed by atoms with Crippen molar-refractivity contribution >= 4 is 5.82 Å². The standard InChI is InChI=1S/C12H17N3O6/c1-12(2)20-8-5(4-16)19-10(9(8)21-12)15-6(13)3-7(17)14-11(15)18/h3,5,8-10,16H,4,13H2,1-2H3,(H,14,17,18)/t5-,8?,9?,10-/m1/s1. The summed E-state index contributed by atoms with van der Waals surface area (Å²) in [5.41, 5.74) is 4.45. The highest BCUT2D eigenvalue weighted by atomic mass is 16.8. The van der Waals surface area contributed by atoms with Crippen LogP contribution in [0.5, 0.6) is 0 Å². The molecule has 4 atom stereocenters. The maximum atomic E-state index is 12.0. The molecule has 21 heavy (non-hydrogen) atoms. The molecule has 3 heterocycles. The van der Waals surface area contributed by atoms with Crippen LogP contribution in [-0.2, 0) is 14.2 Å². The Morgan fingerprint density at radius 3 is 2.67 bits per heavy atom. The van der Waals surface area contributed by atoms with Crippen molar-refractivity contribution in [1.29, 1.82) is 0 Å². The summed E-state index contributed by atoms with van der Waals surface area (Å²) in [6.07, 6.45) is -2.64. The number of fused-ring (bicyclic) bond motifs is 1. The van der Waals surface area contributed by atoms with Crippen molar-refractivity contribution in [3.63, 3.8) is 0 Å². The number of aromatic nitrogens is 2. The van der Waals surface area contributed by atoms with Gasteiger partial charge in [0.2, 0.25) is 0 Å². The van der Waals surface area contributed by atoms with E-state index in [2.05, 4.69) is 4.98 Å². The monoisotopic (exact) mass is 299 g/mol. The second-order valence-corrected chi connectivity index (χ2v) is 5.55. The fraction of sp³-hybridized carbons (Fsp3) is 0.667. The maximum Gasteiger partial charge on any atom is 0.332 e. The first-order valence-corrected chi connectivity index (χ1v) is 6.56. The molecule has 116 valence electrons. The highest BCUT2D eigenvalue weighted by molar-refractivity contribution is 5.27. The van der Waals surface area contributed by atoms with Crippen LogP contribution in [0.3, 0.4) is 0 Å². The molecule has 2 aliphatic heterocycles. The van der Waals surface area contributed by atoms with Gasteiger partial charge in [-0.2, -0.15) is 0 Å². The highest BCUT2D eigenvalue weighted by Crippen LogP contribution is 2.42. The van der Waals surface area contributed by atoms with Gasteiger partial charge < -0.3 is 25.1 Å².